The first-order valence-electron chi connectivity index (χ1n) is 6.10. The van der Waals surface area contributed by atoms with Gasteiger partial charge in [-0.15, -0.1) is 0 Å². The first kappa shape index (κ1) is 12.1. The van der Waals surface area contributed by atoms with E-state index in [2.05, 4.69) is 17.2 Å². The summed E-state index contributed by atoms with van der Waals surface area (Å²) < 4.78 is 1.94. The number of carbonyl (C=O) groups is 1. The van der Waals surface area contributed by atoms with E-state index in [1.54, 1.807) is 12.5 Å². The smallest absolute Gasteiger partial charge is 0.227 e. The van der Waals surface area contributed by atoms with E-state index >= 15 is 0 Å². The molecule has 1 amide bonds. The Kier molecular flexibility index (Phi) is 3.47. The van der Waals surface area contributed by atoms with Gasteiger partial charge in [0.1, 0.15) is 0 Å². The lowest BCUT2D eigenvalue weighted by molar-refractivity contribution is -0.138. The van der Waals surface area contributed by atoms with Crippen molar-refractivity contribution in [3.05, 3.63) is 18.7 Å². The molecule has 1 aliphatic carbocycles. The summed E-state index contributed by atoms with van der Waals surface area (Å²) in [5, 5.41) is 2.97. The summed E-state index contributed by atoms with van der Waals surface area (Å²) in [6, 6.07) is 0. The normalized spacial score (nSPS) is 27.5. The van der Waals surface area contributed by atoms with Gasteiger partial charge >= 0.3 is 0 Å². The number of hydrogen-bond donors (Lipinski definition) is 2. The lowest BCUT2D eigenvalue weighted by Crippen LogP contribution is -2.53. The molecule has 1 heterocycles. The standard InChI is InChI=1S/C12H20N4O/c1-10-6-12(7-10,8-13)11(17)15-3-5-16-4-2-14-9-16/h2,4,9-10H,3,5-8,13H2,1H3,(H,15,17). The summed E-state index contributed by atoms with van der Waals surface area (Å²) in [5.74, 6) is 0.733. The van der Waals surface area contributed by atoms with Gasteiger partial charge in [0, 0.05) is 32.0 Å². The highest BCUT2D eigenvalue weighted by Gasteiger charge is 2.46. The third kappa shape index (κ3) is 2.49. The zero-order chi connectivity index (χ0) is 12.3. The van der Waals surface area contributed by atoms with Crippen LogP contribution < -0.4 is 11.1 Å². The highest BCUT2D eigenvalue weighted by molar-refractivity contribution is 5.83. The summed E-state index contributed by atoms with van der Waals surface area (Å²) in [4.78, 5) is 16.0. The lowest BCUT2D eigenvalue weighted by atomic mass is 9.62. The van der Waals surface area contributed by atoms with Crippen LogP contribution in [0.5, 0.6) is 0 Å². The van der Waals surface area contributed by atoms with E-state index in [0.29, 0.717) is 19.0 Å². The van der Waals surface area contributed by atoms with Crippen LogP contribution in [-0.4, -0.2) is 28.5 Å². The molecule has 2 rings (SSSR count). The molecule has 17 heavy (non-hydrogen) atoms. The molecular weight excluding hydrogens is 216 g/mol. The quantitative estimate of drug-likeness (QED) is 0.776. The monoisotopic (exact) mass is 236 g/mol. The minimum absolute atomic E-state index is 0.109. The van der Waals surface area contributed by atoms with E-state index in [4.69, 9.17) is 5.73 Å². The molecule has 0 atom stereocenters. The van der Waals surface area contributed by atoms with Crippen LogP contribution in [0.1, 0.15) is 19.8 Å². The molecule has 0 aromatic carbocycles. The average molecular weight is 236 g/mol. The van der Waals surface area contributed by atoms with Crippen LogP contribution in [0, 0.1) is 11.3 Å². The van der Waals surface area contributed by atoms with Gasteiger partial charge in [-0.05, 0) is 18.8 Å². The van der Waals surface area contributed by atoms with Crippen LogP contribution in [0.3, 0.4) is 0 Å². The van der Waals surface area contributed by atoms with Gasteiger partial charge in [-0.25, -0.2) is 4.98 Å². The minimum Gasteiger partial charge on any atom is -0.354 e. The molecule has 0 radical (unpaired) electrons. The van der Waals surface area contributed by atoms with Crippen molar-refractivity contribution in [2.24, 2.45) is 17.1 Å². The second kappa shape index (κ2) is 4.87. The molecule has 3 N–H and O–H groups in total. The molecule has 1 aliphatic rings. The second-order valence-corrected chi connectivity index (χ2v) is 5.05. The van der Waals surface area contributed by atoms with Crippen molar-refractivity contribution < 1.29 is 4.79 Å². The fraction of sp³-hybridized carbons (Fsp3) is 0.667. The number of aromatic nitrogens is 2. The van der Waals surface area contributed by atoms with E-state index in [9.17, 15) is 4.79 Å². The molecule has 0 unspecified atom stereocenters. The maximum Gasteiger partial charge on any atom is 0.227 e. The second-order valence-electron chi connectivity index (χ2n) is 5.05. The highest BCUT2D eigenvalue weighted by Crippen LogP contribution is 2.44. The summed E-state index contributed by atoms with van der Waals surface area (Å²) in [5.41, 5.74) is 5.42. The van der Waals surface area contributed by atoms with Crippen molar-refractivity contribution in [1.82, 2.24) is 14.9 Å². The number of rotatable bonds is 5. The molecule has 0 saturated heterocycles. The van der Waals surface area contributed by atoms with Crippen molar-refractivity contribution in [2.45, 2.75) is 26.3 Å². The molecule has 1 aromatic rings. The minimum atomic E-state index is -0.297. The maximum atomic E-state index is 12.0. The highest BCUT2D eigenvalue weighted by atomic mass is 16.2. The predicted molar refractivity (Wildman–Crippen MR) is 65.1 cm³/mol. The predicted octanol–water partition coefficient (Wildman–Crippen LogP) is 0.374. The van der Waals surface area contributed by atoms with E-state index in [-0.39, 0.29) is 11.3 Å². The molecule has 5 heteroatoms. The third-order valence-electron chi connectivity index (χ3n) is 3.57. The van der Waals surface area contributed by atoms with E-state index in [1.807, 2.05) is 10.8 Å². The fourth-order valence-corrected chi connectivity index (χ4v) is 2.62. The summed E-state index contributed by atoms with van der Waals surface area (Å²) in [7, 11) is 0. The summed E-state index contributed by atoms with van der Waals surface area (Å²) in [6.45, 7) is 3.99. The van der Waals surface area contributed by atoms with Crippen LogP contribution in [0.4, 0.5) is 0 Å². The zero-order valence-electron chi connectivity index (χ0n) is 10.2. The SMILES string of the molecule is CC1CC(CN)(C(=O)NCCn2ccnc2)C1. The van der Waals surface area contributed by atoms with Crippen molar-refractivity contribution >= 4 is 5.91 Å². The average Bonchev–Trinajstić information content (AvgIpc) is 2.77. The van der Waals surface area contributed by atoms with Crippen molar-refractivity contribution in [3.8, 4) is 0 Å². The Labute approximate surface area is 101 Å². The molecule has 0 aliphatic heterocycles. The van der Waals surface area contributed by atoms with Gasteiger partial charge in [0.2, 0.25) is 5.91 Å². The van der Waals surface area contributed by atoms with Gasteiger partial charge in [0.25, 0.3) is 0 Å². The fourth-order valence-electron chi connectivity index (χ4n) is 2.62. The van der Waals surface area contributed by atoms with E-state index in [0.717, 1.165) is 19.4 Å². The first-order valence-corrected chi connectivity index (χ1v) is 6.10. The maximum absolute atomic E-state index is 12.0. The Hall–Kier alpha value is -1.36. The number of imidazole rings is 1. The van der Waals surface area contributed by atoms with Crippen molar-refractivity contribution in [2.75, 3.05) is 13.1 Å². The Balaban J connectivity index is 1.77. The van der Waals surface area contributed by atoms with Crippen LogP contribution in [-0.2, 0) is 11.3 Å². The number of carbonyl (C=O) groups excluding carboxylic acids is 1. The Morgan fingerprint density at radius 2 is 2.41 bits per heavy atom. The van der Waals surface area contributed by atoms with E-state index in [1.165, 1.54) is 0 Å². The van der Waals surface area contributed by atoms with Gasteiger partial charge in [0.15, 0.2) is 0 Å². The van der Waals surface area contributed by atoms with Crippen LogP contribution in [0.15, 0.2) is 18.7 Å². The number of nitrogens with zero attached hydrogens (tertiary/aromatic N) is 2. The molecule has 0 bridgehead atoms. The van der Waals surface area contributed by atoms with Gasteiger partial charge < -0.3 is 15.6 Å². The van der Waals surface area contributed by atoms with Crippen LogP contribution in [0.25, 0.3) is 0 Å². The molecule has 94 valence electrons. The molecular formula is C12H20N4O. The number of nitrogens with one attached hydrogen (secondary N) is 1. The summed E-state index contributed by atoms with van der Waals surface area (Å²) in [6.07, 6.45) is 7.20. The van der Waals surface area contributed by atoms with Gasteiger partial charge in [-0.1, -0.05) is 6.92 Å². The number of amides is 1. The molecule has 1 fully saturated rings. The lowest BCUT2D eigenvalue weighted by Gasteiger charge is -2.44. The Bertz CT molecular complexity index is 368. The molecule has 1 saturated carbocycles. The Morgan fingerprint density at radius 3 is 2.94 bits per heavy atom. The molecule has 1 aromatic heterocycles. The van der Waals surface area contributed by atoms with E-state index < -0.39 is 0 Å². The third-order valence-corrected chi connectivity index (χ3v) is 3.57. The van der Waals surface area contributed by atoms with Crippen LogP contribution in [0.2, 0.25) is 0 Å². The molecule has 5 nitrogen and oxygen atoms in total. The zero-order valence-corrected chi connectivity index (χ0v) is 10.2. The number of hydrogen-bond acceptors (Lipinski definition) is 3. The van der Waals surface area contributed by atoms with Crippen molar-refractivity contribution in [3.63, 3.8) is 0 Å². The topological polar surface area (TPSA) is 72.9 Å². The number of nitrogens with two attached hydrogens (primary N) is 1. The van der Waals surface area contributed by atoms with Crippen molar-refractivity contribution in [1.29, 1.82) is 0 Å². The largest absolute Gasteiger partial charge is 0.354 e. The first-order chi connectivity index (χ1) is 8.16. The summed E-state index contributed by atoms with van der Waals surface area (Å²) >= 11 is 0. The van der Waals surface area contributed by atoms with Gasteiger partial charge in [-0.3, -0.25) is 4.79 Å². The van der Waals surface area contributed by atoms with Gasteiger partial charge in [-0.2, -0.15) is 0 Å². The molecule has 0 spiro atoms. The van der Waals surface area contributed by atoms with Crippen LogP contribution >= 0.6 is 0 Å². The Morgan fingerprint density at radius 1 is 1.65 bits per heavy atom. The van der Waals surface area contributed by atoms with Gasteiger partial charge in [0.05, 0.1) is 11.7 Å².